The molecule has 128 valence electrons. The number of fused-ring (bicyclic) bond motifs is 1. The SMILES string of the molecule is O=C(C[C@@H](c1ccccc1)[C@H]1C(=O)Nc2ccccc21)c1ccccc1. The third kappa shape index (κ3) is 3.04. The van der Waals surface area contributed by atoms with Gasteiger partial charge in [0.25, 0.3) is 0 Å². The van der Waals surface area contributed by atoms with Gasteiger partial charge in [-0.3, -0.25) is 9.59 Å². The molecule has 1 aliphatic heterocycles. The molecule has 1 N–H and O–H groups in total. The smallest absolute Gasteiger partial charge is 0.232 e. The van der Waals surface area contributed by atoms with E-state index in [0.717, 1.165) is 16.8 Å². The van der Waals surface area contributed by atoms with Crippen molar-refractivity contribution in [2.75, 3.05) is 5.32 Å². The molecule has 1 heterocycles. The molecule has 1 aliphatic rings. The number of amides is 1. The fraction of sp³-hybridized carbons (Fsp3) is 0.130. The molecule has 0 bridgehead atoms. The summed E-state index contributed by atoms with van der Waals surface area (Å²) in [5, 5.41) is 2.96. The van der Waals surface area contributed by atoms with Crippen molar-refractivity contribution < 1.29 is 9.59 Å². The summed E-state index contributed by atoms with van der Waals surface area (Å²) in [6.45, 7) is 0. The highest BCUT2D eigenvalue weighted by molar-refractivity contribution is 6.04. The largest absolute Gasteiger partial charge is 0.325 e. The third-order valence-corrected chi connectivity index (χ3v) is 4.97. The topological polar surface area (TPSA) is 46.2 Å². The summed E-state index contributed by atoms with van der Waals surface area (Å²) in [7, 11) is 0. The molecule has 3 heteroatoms. The number of nitrogens with one attached hydrogen (secondary N) is 1. The zero-order valence-electron chi connectivity index (χ0n) is 14.3. The Hall–Kier alpha value is -3.20. The van der Waals surface area contributed by atoms with E-state index in [1.165, 1.54) is 0 Å². The van der Waals surface area contributed by atoms with Gasteiger partial charge in [-0.05, 0) is 17.2 Å². The van der Waals surface area contributed by atoms with E-state index in [2.05, 4.69) is 5.32 Å². The standard InChI is InChI=1S/C23H19NO2/c25-21(17-11-5-2-6-12-17)15-19(16-9-3-1-4-10-16)22-18-13-7-8-14-20(18)24-23(22)26/h1-14,19,22H,15H2,(H,24,26)/t19-,22-/m0/s1. The first kappa shape index (κ1) is 16.3. The molecular formula is C23H19NO2. The van der Waals surface area contributed by atoms with Crippen molar-refractivity contribution in [2.45, 2.75) is 18.3 Å². The number of anilines is 1. The lowest BCUT2D eigenvalue weighted by Gasteiger charge is -2.22. The van der Waals surface area contributed by atoms with Crippen LogP contribution in [0.5, 0.6) is 0 Å². The molecule has 0 aromatic heterocycles. The van der Waals surface area contributed by atoms with Crippen molar-refractivity contribution in [1.82, 2.24) is 0 Å². The Kier molecular flexibility index (Phi) is 4.36. The summed E-state index contributed by atoms with van der Waals surface area (Å²) in [5.74, 6) is -0.550. The number of carbonyl (C=O) groups is 2. The predicted molar refractivity (Wildman–Crippen MR) is 102 cm³/mol. The molecule has 0 unspecified atom stereocenters. The second kappa shape index (κ2) is 6.96. The van der Waals surface area contributed by atoms with Crippen molar-refractivity contribution in [3.05, 3.63) is 102 Å². The van der Waals surface area contributed by atoms with Crippen LogP contribution in [0.2, 0.25) is 0 Å². The van der Waals surface area contributed by atoms with Gasteiger partial charge < -0.3 is 5.32 Å². The molecule has 1 amide bonds. The van der Waals surface area contributed by atoms with E-state index in [4.69, 9.17) is 0 Å². The van der Waals surface area contributed by atoms with Crippen molar-refractivity contribution in [2.24, 2.45) is 0 Å². The van der Waals surface area contributed by atoms with Gasteiger partial charge in [0.2, 0.25) is 5.91 Å². The first-order valence-corrected chi connectivity index (χ1v) is 8.77. The third-order valence-electron chi connectivity index (χ3n) is 4.97. The van der Waals surface area contributed by atoms with E-state index in [-0.39, 0.29) is 23.5 Å². The number of benzene rings is 3. The van der Waals surface area contributed by atoms with Crippen LogP contribution < -0.4 is 5.32 Å². The van der Waals surface area contributed by atoms with Gasteiger partial charge in [-0.2, -0.15) is 0 Å². The number of Topliss-reactive ketones (excluding diaryl/α,β-unsaturated/α-hetero) is 1. The molecule has 4 rings (SSSR count). The fourth-order valence-electron chi connectivity index (χ4n) is 3.70. The van der Waals surface area contributed by atoms with E-state index >= 15 is 0 Å². The average molecular weight is 341 g/mol. The zero-order chi connectivity index (χ0) is 17.9. The minimum Gasteiger partial charge on any atom is -0.325 e. The Morgan fingerprint density at radius 3 is 2.19 bits per heavy atom. The molecule has 0 spiro atoms. The van der Waals surface area contributed by atoms with Crippen LogP contribution in [0.25, 0.3) is 0 Å². The Morgan fingerprint density at radius 1 is 0.846 bits per heavy atom. The van der Waals surface area contributed by atoms with Gasteiger partial charge in [0.05, 0.1) is 5.92 Å². The van der Waals surface area contributed by atoms with Crippen LogP contribution in [0, 0.1) is 0 Å². The van der Waals surface area contributed by atoms with E-state index in [9.17, 15) is 9.59 Å². The molecule has 0 saturated carbocycles. The lowest BCUT2D eigenvalue weighted by atomic mass is 9.78. The van der Waals surface area contributed by atoms with Gasteiger partial charge in [-0.1, -0.05) is 78.9 Å². The highest BCUT2D eigenvalue weighted by Crippen LogP contribution is 2.43. The number of hydrogen-bond acceptors (Lipinski definition) is 2. The lowest BCUT2D eigenvalue weighted by molar-refractivity contribution is -0.117. The van der Waals surface area contributed by atoms with Crippen LogP contribution in [0.3, 0.4) is 0 Å². The Labute approximate surface area is 152 Å². The molecule has 2 atom stereocenters. The first-order chi connectivity index (χ1) is 12.7. The van der Waals surface area contributed by atoms with Crippen LogP contribution in [0.1, 0.15) is 39.7 Å². The number of hydrogen-bond donors (Lipinski definition) is 1. The monoisotopic (exact) mass is 341 g/mol. The van der Waals surface area contributed by atoms with Gasteiger partial charge in [0.15, 0.2) is 5.78 Å². The van der Waals surface area contributed by atoms with Gasteiger partial charge in [0.1, 0.15) is 0 Å². The second-order valence-corrected chi connectivity index (χ2v) is 6.56. The first-order valence-electron chi connectivity index (χ1n) is 8.77. The van der Waals surface area contributed by atoms with Crippen molar-refractivity contribution in [3.8, 4) is 0 Å². The minimum absolute atomic E-state index is 0.0408. The van der Waals surface area contributed by atoms with E-state index in [1.54, 1.807) is 0 Å². The maximum absolute atomic E-state index is 12.9. The Balaban J connectivity index is 1.73. The number of para-hydroxylation sites is 1. The predicted octanol–water partition coefficient (Wildman–Crippen LogP) is 4.78. The second-order valence-electron chi connectivity index (χ2n) is 6.56. The maximum atomic E-state index is 12.9. The van der Waals surface area contributed by atoms with Gasteiger partial charge >= 0.3 is 0 Å². The van der Waals surface area contributed by atoms with Crippen molar-refractivity contribution in [3.63, 3.8) is 0 Å². The van der Waals surface area contributed by atoms with Crippen LogP contribution >= 0.6 is 0 Å². The molecule has 0 saturated heterocycles. The molecule has 0 aliphatic carbocycles. The van der Waals surface area contributed by atoms with E-state index in [0.29, 0.717) is 12.0 Å². The average Bonchev–Trinajstić information content (AvgIpc) is 3.03. The maximum Gasteiger partial charge on any atom is 0.232 e. The van der Waals surface area contributed by atoms with Gasteiger partial charge in [0, 0.05) is 23.6 Å². The van der Waals surface area contributed by atoms with Crippen LogP contribution in [-0.4, -0.2) is 11.7 Å². The number of rotatable bonds is 5. The fourth-order valence-corrected chi connectivity index (χ4v) is 3.70. The Morgan fingerprint density at radius 2 is 1.46 bits per heavy atom. The molecule has 26 heavy (non-hydrogen) atoms. The molecule has 0 fully saturated rings. The highest BCUT2D eigenvalue weighted by Gasteiger charge is 2.38. The lowest BCUT2D eigenvalue weighted by Crippen LogP contribution is -2.22. The minimum atomic E-state index is -0.360. The normalized spacial score (nSPS) is 16.6. The quantitative estimate of drug-likeness (QED) is 0.679. The summed E-state index contributed by atoms with van der Waals surface area (Å²) in [4.78, 5) is 25.6. The van der Waals surface area contributed by atoms with Crippen LogP contribution in [0.4, 0.5) is 5.69 Å². The number of ketones is 1. The molecule has 3 nitrogen and oxygen atoms in total. The van der Waals surface area contributed by atoms with Gasteiger partial charge in [-0.15, -0.1) is 0 Å². The van der Waals surface area contributed by atoms with Crippen molar-refractivity contribution >= 4 is 17.4 Å². The van der Waals surface area contributed by atoms with E-state index in [1.807, 2.05) is 84.9 Å². The molecule has 3 aromatic carbocycles. The summed E-state index contributed by atoms with van der Waals surface area (Å²) in [5.41, 5.74) is 3.50. The van der Waals surface area contributed by atoms with Crippen LogP contribution in [0.15, 0.2) is 84.9 Å². The Bertz CT molecular complexity index is 935. The molecule has 0 radical (unpaired) electrons. The molecular weight excluding hydrogens is 322 g/mol. The summed E-state index contributed by atoms with van der Waals surface area (Å²) >= 11 is 0. The van der Waals surface area contributed by atoms with Gasteiger partial charge in [-0.25, -0.2) is 0 Å². The summed E-state index contributed by atoms with van der Waals surface area (Å²) < 4.78 is 0. The summed E-state index contributed by atoms with van der Waals surface area (Å²) in [6, 6.07) is 26.9. The zero-order valence-corrected chi connectivity index (χ0v) is 14.3. The van der Waals surface area contributed by atoms with E-state index < -0.39 is 0 Å². The summed E-state index contributed by atoms with van der Waals surface area (Å²) in [6.07, 6.45) is 0.292. The number of carbonyl (C=O) groups excluding carboxylic acids is 2. The van der Waals surface area contributed by atoms with Crippen LogP contribution in [-0.2, 0) is 4.79 Å². The molecule has 3 aromatic rings. The van der Waals surface area contributed by atoms with Crippen molar-refractivity contribution in [1.29, 1.82) is 0 Å². The highest BCUT2D eigenvalue weighted by atomic mass is 16.2.